The maximum absolute atomic E-state index is 11.6. The van der Waals surface area contributed by atoms with Gasteiger partial charge >= 0.3 is 12.1 Å². The van der Waals surface area contributed by atoms with E-state index in [1.165, 1.54) is 11.8 Å². The number of rotatable bonds is 3. The van der Waals surface area contributed by atoms with Crippen LogP contribution >= 0.6 is 0 Å². The molecule has 0 saturated carbocycles. The van der Waals surface area contributed by atoms with Crippen molar-refractivity contribution in [3.63, 3.8) is 0 Å². The topological polar surface area (TPSA) is 66.8 Å². The smallest absolute Gasteiger partial charge is 0.411 e. The number of carboxylic acids is 1. The van der Waals surface area contributed by atoms with Crippen LogP contribution in [0.5, 0.6) is 0 Å². The predicted molar refractivity (Wildman–Crippen MR) is 55.7 cm³/mol. The Labute approximate surface area is 90.0 Å². The van der Waals surface area contributed by atoms with Crippen molar-refractivity contribution in [1.29, 1.82) is 0 Å². The van der Waals surface area contributed by atoms with E-state index >= 15 is 0 Å². The number of hydrogen-bond donors (Lipinski definition) is 1. The fourth-order valence-corrected chi connectivity index (χ4v) is 1.01. The summed E-state index contributed by atoms with van der Waals surface area (Å²) in [6.07, 6.45) is -0.597. The van der Waals surface area contributed by atoms with Crippen molar-refractivity contribution >= 4 is 12.1 Å². The van der Waals surface area contributed by atoms with Crippen molar-refractivity contribution in [3.8, 4) is 0 Å². The second-order valence-electron chi connectivity index (χ2n) is 4.28. The number of carbonyl (C=O) groups excluding carboxylic acids is 1. The average Bonchev–Trinajstić information content (AvgIpc) is 2.01. The fraction of sp³-hybridized carbons (Fsp3) is 0.800. The molecule has 15 heavy (non-hydrogen) atoms. The van der Waals surface area contributed by atoms with Gasteiger partial charge in [0.15, 0.2) is 0 Å². The molecule has 0 aromatic rings. The lowest BCUT2D eigenvalue weighted by Crippen LogP contribution is -2.45. The van der Waals surface area contributed by atoms with Gasteiger partial charge in [0.1, 0.15) is 11.6 Å². The van der Waals surface area contributed by atoms with Gasteiger partial charge in [-0.1, -0.05) is 0 Å². The Morgan fingerprint density at radius 1 is 1.40 bits per heavy atom. The standard InChI is InChI=1S/C10H19NO4/c1-6-11(7(2)8(12)13)9(14)15-10(3,4)5/h7H,6H2,1-5H3,(H,12,13)/t7-/m1/s1. The van der Waals surface area contributed by atoms with Crippen LogP contribution in [0.15, 0.2) is 0 Å². The molecule has 0 aliphatic rings. The third-order valence-electron chi connectivity index (χ3n) is 1.79. The van der Waals surface area contributed by atoms with Crippen LogP contribution in [-0.4, -0.2) is 40.3 Å². The van der Waals surface area contributed by atoms with Gasteiger partial charge < -0.3 is 9.84 Å². The number of aliphatic carboxylic acids is 1. The molecular formula is C10H19NO4. The first-order valence-electron chi connectivity index (χ1n) is 4.91. The number of amides is 1. The summed E-state index contributed by atoms with van der Waals surface area (Å²) in [5.41, 5.74) is -0.608. The molecule has 0 bridgehead atoms. The molecule has 0 fully saturated rings. The number of ether oxygens (including phenoxy) is 1. The molecule has 1 amide bonds. The van der Waals surface area contributed by atoms with Gasteiger partial charge in [0.2, 0.25) is 0 Å². The Bertz CT molecular complexity index is 244. The summed E-state index contributed by atoms with van der Waals surface area (Å²) < 4.78 is 5.09. The first-order chi connectivity index (χ1) is 6.69. The Balaban J connectivity index is 4.55. The van der Waals surface area contributed by atoms with E-state index in [-0.39, 0.29) is 0 Å². The lowest BCUT2D eigenvalue weighted by atomic mass is 10.2. The fourth-order valence-electron chi connectivity index (χ4n) is 1.01. The van der Waals surface area contributed by atoms with Crippen LogP contribution < -0.4 is 0 Å². The van der Waals surface area contributed by atoms with Gasteiger partial charge in [-0.05, 0) is 34.6 Å². The molecule has 88 valence electrons. The summed E-state index contributed by atoms with van der Waals surface area (Å²) in [5, 5.41) is 8.78. The highest BCUT2D eigenvalue weighted by molar-refractivity contribution is 5.79. The molecule has 1 N–H and O–H groups in total. The maximum Gasteiger partial charge on any atom is 0.411 e. The maximum atomic E-state index is 11.6. The Morgan fingerprint density at radius 2 is 1.87 bits per heavy atom. The van der Waals surface area contributed by atoms with E-state index in [4.69, 9.17) is 9.84 Å². The number of likely N-dealkylation sites (N-methyl/N-ethyl adjacent to an activating group) is 1. The Hall–Kier alpha value is -1.26. The molecule has 0 unspecified atom stereocenters. The van der Waals surface area contributed by atoms with Crippen molar-refractivity contribution in [3.05, 3.63) is 0 Å². The molecular weight excluding hydrogens is 198 g/mol. The predicted octanol–water partition coefficient (Wildman–Crippen LogP) is 1.72. The summed E-state index contributed by atoms with van der Waals surface area (Å²) in [6, 6.07) is -0.871. The third-order valence-corrected chi connectivity index (χ3v) is 1.79. The molecule has 0 aromatic heterocycles. The van der Waals surface area contributed by atoms with Gasteiger partial charge in [0.05, 0.1) is 0 Å². The van der Waals surface area contributed by atoms with Crippen LogP contribution in [0.4, 0.5) is 4.79 Å². The molecule has 0 aromatic carbocycles. The number of nitrogens with zero attached hydrogens (tertiary/aromatic N) is 1. The van der Waals surface area contributed by atoms with Crippen LogP contribution in [0.1, 0.15) is 34.6 Å². The summed E-state index contributed by atoms with van der Waals surface area (Å²) in [7, 11) is 0. The second-order valence-corrected chi connectivity index (χ2v) is 4.28. The summed E-state index contributed by atoms with van der Waals surface area (Å²) in [5.74, 6) is -1.04. The second kappa shape index (κ2) is 5.00. The molecule has 0 saturated heterocycles. The van der Waals surface area contributed by atoms with Crippen LogP contribution in [0, 0.1) is 0 Å². The summed E-state index contributed by atoms with van der Waals surface area (Å²) in [4.78, 5) is 23.5. The lowest BCUT2D eigenvalue weighted by molar-refractivity contribution is -0.142. The minimum Gasteiger partial charge on any atom is -0.480 e. The van der Waals surface area contributed by atoms with Crippen molar-refractivity contribution in [2.75, 3.05) is 6.54 Å². The van der Waals surface area contributed by atoms with Crippen LogP contribution in [0.2, 0.25) is 0 Å². The zero-order valence-electron chi connectivity index (χ0n) is 9.90. The summed E-state index contributed by atoms with van der Waals surface area (Å²) in [6.45, 7) is 8.69. The van der Waals surface area contributed by atoms with E-state index in [1.807, 2.05) is 0 Å². The van der Waals surface area contributed by atoms with Gasteiger partial charge in [-0.3, -0.25) is 4.90 Å². The minimum absolute atomic E-state index is 0.308. The average molecular weight is 217 g/mol. The van der Waals surface area contributed by atoms with E-state index in [9.17, 15) is 9.59 Å². The van der Waals surface area contributed by atoms with Crippen molar-refractivity contribution in [1.82, 2.24) is 4.90 Å². The van der Waals surface area contributed by atoms with Crippen LogP contribution in [-0.2, 0) is 9.53 Å². The van der Waals surface area contributed by atoms with E-state index in [2.05, 4.69) is 0 Å². The molecule has 5 nitrogen and oxygen atoms in total. The quantitative estimate of drug-likeness (QED) is 0.781. The number of carboxylic acid groups (broad SMARTS) is 1. The lowest BCUT2D eigenvalue weighted by Gasteiger charge is -2.28. The molecule has 0 spiro atoms. The van der Waals surface area contributed by atoms with E-state index in [1.54, 1.807) is 27.7 Å². The SMILES string of the molecule is CCN(C(=O)OC(C)(C)C)[C@H](C)C(=O)O. The summed E-state index contributed by atoms with van der Waals surface area (Å²) >= 11 is 0. The van der Waals surface area contributed by atoms with Crippen molar-refractivity contribution in [2.45, 2.75) is 46.3 Å². The third kappa shape index (κ3) is 4.67. The molecule has 0 aliphatic carbocycles. The van der Waals surface area contributed by atoms with Gasteiger partial charge in [0.25, 0.3) is 0 Å². The molecule has 0 heterocycles. The van der Waals surface area contributed by atoms with Crippen LogP contribution in [0.3, 0.4) is 0 Å². The van der Waals surface area contributed by atoms with Gasteiger partial charge in [-0.15, -0.1) is 0 Å². The molecule has 5 heteroatoms. The van der Waals surface area contributed by atoms with Crippen molar-refractivity contribution < 1.29 is 19.4 Å². The first kappa shape index (κ1) is 13.7. The van der Waals surface area contributed by atoms with Crippen molar-refractivity contribution in [2.24, 2.45) is 0 Å². The number of carbonyl (C=O) groups is 2. The van der Waals surface area contributed by atoms with E-state index in [0.29, 0.717) is 6.54 Å². The minimum atomic E-state index is -1.04. The zero-order chi connectivity index (χ0) is 12.2. The van der Waals surface area contributed by atoms with Gasteiger partial charge in [0, 0.05) is 6.54 Å². The van der Waals surface area contributed by atoms with Gasteiger partial charge in [-0.25, -0.2) is 9.59 Å². The van der Waals surface area contributed by atoms with E-state index in [0.717, 1.165) is 0 Å². The molecule has 0 aliphatic heterocycles. The molecule has 1 atom stereocenters. The number of hydrogen-bond acceptors (Lipinski definition) is 3. The highest BCUT2D eigenvalue weighted by Crippen LogP contribution is 2.11. The molecule has 0 rings (SSSR count). The zero-order valence-corrected chi connectivity index (χ0v) is 9.90. The van der Waals surface area contributed by atoms with E-state index < -0.39 is 23.7 Å². The van der Waals surface area contributed by atoms with Gasteiger partial charge in [-0.2, -0.15) is 0 Å². The monoisotopic (exact) mass is 217 g/mol. The van der Waals surface area contributed by atoms with Crippen LogP contribution in [0.25, 0.3) is 0 Å². The Morgan fingerprint density at radius 3 is 2.13 bits per heavy atom. The highest BCUT2D eigenvalue weighted by atomic mass is 16.6. The first-order valence-corrected chi connectivity index (χ1v) is 4.91. The highest BCUT2D eigenvalue weighted by Gasteiger charge is 2.28. The largest absolute Gasteiger partial charge is 0.480 e. The Kier molecular flexibility index (Phi) is 4.58. The normalized spacial score (nSPS) is 13.1. The molecule has 0 radical (unpaired) electrons.